The molecule has 6 heteroatoms. The molecule has 2 aromatic carbocycles. The third-order valence-electron chi connectivity index (χ3n) is 6.63. The van der Waals surface area contributed by atoms with E-state index in [4.69, 9.17) is 0 Å². The number of benzene rings is 2. The summed E-state index contributed by atoms with van der Waals surface area (Å²) >= 11 is 0. The maximum absolute atomic E-state index is 13.2. The van der Waals surface area contributed by atoms with E-state index in [2.05, 4.69) is 0 Å². The summed E-state index contributed by atoms with van der Waals surface area (Å²) in [4.78, 5) is 44.1. The Morgan fingerprint density at radius 1 is 0.906 bits per heavy atom. The normalized spacial score (nSPS) is 19.2. The Labute approximate surface area is 189 Å². The number of amides is 3. The Morgan fingerprint density at radius 3 is 2.38 bits per heavy atom. The molecule has 1 atom stereocenters. The first-order valence-corrected chi connectivity index (χ1v) is 11.4. The van der Waals surface area contributed by atoms with Crippen LogP contribution in [0.5, 0.6) is 0 Å². The van der Waals surface area contributed by atoms with Crippen LogP contribution in [0.3, 0.4) is 0 Å². The molecule has 0 bridgehead atoms. The third-order valence-corrected chi connectivity index (χ3v) is 6.63. The molecule has 0 saturated carbocycles. The molecule has 6 nitrogen and oxygen atoms in total. The Hall–Kier alpha value is -3.15. The van der Waals surface area contributed by atoms with E-state index < -0.39 is 0 Å². The first-order valence-electron chi connectivity index (χ1n) is 11.4. The Bertz CT molecular complexity index is 1000. The molecule has 2 heterocycles. The van der Waals surface area contributed by atoms with Gasteiger partial charge in [0, 0.05) is 51.3 Å². The van der Waals surface area contributed by atoms with Crippen LogP contribution < -0.4 is 0 Å². The maximum atomic E-state index is 13.2. The highest BCUT2D eigenvalue weighted by Crippen LogP contribution is 2.23. The van der Waals surface area contributed by atoms with Gasteiger partial charge >= 0.3 is 0 Å². The van der Waals surface area contributed by atoms with E-state index in [-0.39, 0.29) is 30.1 Å². The van der Waals surface area contributed by atoms with Gasteiger partial charge in [0.2, 0.25) is 11.8 Å². The zero-order valence-corrected chi connectivity index (χ0v) is 18.9. The number of rotatable bonds is 4. The number of hydrogen-bond acceptors (Lipinski definition) is 3. The zero-order chi connectivity index (χ0) is 22.7. The lowest BCUT2D eigenvalue weighted by Gasteiger charge is -2.25. The Balaban J connectivity index is 1.35. The molecule has 1 unspecified atom stereocenters. The van der Waals surface area contributed by atoms with Crippen LogP contribution in [0.25, 0.3) is 0 Å². The van der Waals surface area contributed by atoms with Gasteiger partial charge in [-0.2, -0.15) is 0 Å². The van der Waals surface area contributed by atoms with Gasteiger partial charge in [0.15, 0.2) is 0 Å². The van der Waals surface area contributed by atoms with Crippen molar-refractivity contribution >= 4 is 17.7 Å². The Kier molecular flexibility index (Phi) is 6.58. The molecule has 32 heavy (non-hydrogen) atoms. The molecule has 0 spiro atoms. The molecule has 0 aromatic heterocycles. The molecule has 2 aliphatic rings. The predicted octanol–water partition coefficient (Wildman–Crippen LogP) is 3.03. The number of aryl methyl sites for hydroxylation is 2. The van der Waals surface area contributed by atoms with Crippen LogP contribution in [-0.4, -0.2) is 65.1 Å². The molecule has 2 saturated heterocycles. The summed E-state index contributed by atoms with van der Waals surface area (Å²) in [5, 5.41) is 0. The van der Waals surface area contributed by atoms with Gasteiger partial charge < -0.3 is 14.7 Å². The van der Waals surface area contributed by atoms with Crippen LogP contribution in [0, 0.1) is 19.8 Å². The van der Waals surface area contributed by atoms with Crippen LogP contribution in [0.15, 0.2) is 48.5 Å². The lowest BCUT2D eigenvalue weighted by molar-refractivity contribution is -0.135. The highest BCUT2D eigenvalue weighted by Gasteiger charge is 2.37. The largest absolute Gasteiger partial charge is 0.341 e. The molecule has 2 aliphatic heterocycles. The van der Waals surface area contributed by atoms with E-state index in [0.29, 0.717) is 44.8 Å². The minimum absolute atomic E-state index is 0.0208. The van der Waals surface area contributed by atoms with E-state index in [9.17, 15) is 14.4 Å². The molecule has 0 radical (unpaired) electrons. The summed E-state index contributed by atoms with van der Waals surface area (Å²) in [6, 6.07) is 15.7. The van der Waals surface area contributed by atoms with Crippen molar-refractivity contribution in [2.45, 2.75) is 33.2 Å². The van der Waals surface area contributed by atoms with Gasteiger partial charge in [-0.1, -0.05) is 36.4 Å². The van der Waals surface area contributed by atoms with Gasteiger partial charge in [0.25, 0.3) is 5.91 Å². The van der Waals surface area contributed by atoms with Crippen molar-refractivity contribution in [3.63, 3.8) is 0 Å². The fraction of sp³-hybridized carbons (Fsp3) is 0.423. The summed E-state index contributed by atoms with van der Waals surface area (Å²) in [7, 11) is 0. The smallest absolute Gasteiger partial charge is 0.253 e. The Morgan fingerprint density at radius 2 is 1.62 bits per heavy atom. The highest BCUT2D eigenvalue weighted by molar-refractivity contribution is 5.94. The quantitative estimate of drug-likeness (QED) is 0.745. The van der Waals surface area contributed by atoms with Gasteiger partial charge in [0.1, 0.15) is 0 Å². The number of carbonyl (C=O) groups excluding carboxylic acids is 3. The first-order chi connectivity index (χ1) is 15.4. The fourth-order valence-electron chi connectivity index (χ4n) is 4.55. The van der Waals surface area contributed by atoms with Crippen LogP contribution in [-0.2, 0) is 16.1 Å². The molecule has 2 aromatic rings. The minimum atomic E-state index is -0.298. The van der Waals surface area contributed by atoms with Crippen molar-refractivity contribution in [3.05, 3.63) is 70.8 Å². The molecule has 0 aliphatic carbocycles. The highest BCUT2D eigenvalue weighted by atomic mass is 16.2. The summed E-state index contributed by atoms with van der Waals surface area (Å²) in [5.41, 5.74) is 4.05. The summed E-state index contributed by atoms with van der Waals surface area (Å²) in [5.74, 6) is -0.205. The van der Waals surface area contributed by atoms with E-state index >= 15 is 0 Å². The molecular weight excluding hydrogens is 402 g/mol. The number of nitrogens with zero attached hydrogens (tertiary/aromatic N) is 3. The average Bonchev–Trinajstić information content (AvgIpc) is 3.00. The van der Waals surface area contributed by atoms with Gasteiger partial charge in [0.05, 0.1) is 5.92 Å². The van der Waals surface area contributed by atoms with Crippen molar-refractivity contribution < 1.29 is 14.4 Å². The van der Waals surface area contributed by atoms with Crippen molar-refractivity contribution in [2.24, 2.45) is 5.92 Å². The number of likely N-dealkylation sites (tertiary alicyclic amines) is 1. The molecule has 2 fully saturated rings. The van der Waals surface area contributed by atoms with Crippen LogP contribution in [0.4, 0.5) is 0 Å². The third kappa shape index (κ3) is 4.85. The molecule has 3 amide bonds. The zero-order valence-electron chi connectivity index (χ0n) is 18.9. The van der Waals surface area contributed by atoms with Crippen molar-refractivity contribution in [2.75, 3.05) is 32.7 Å². The van der Waals surface area contributed by atoms with Crippen molar-refractivity contribution in [1.29, 1.82) is 0 Å². The second kappa shape index (κ2) is 9.55. The van der Waals surface area contributed by atoms with E-state index in [1.54, 1.807) is 4.90 Å². The van der Waals surface area contributed by atoms with Crippen molar-refractivity contribution in [1.82, 2.24) is 14.7 Å². The van der Waals surface area contributed by atoms with Crippen LogP contribution in [0.1, 0.15) is 39.9 Å². The van der Waals surface area contributed by atoms with E-state index in [1.807, 2.05) is 72.2 Å². The lowest BCUT2D eigenvalue weighted by Crippen LogP contribution is -2.40. The van der Waals surface area contributed by atoms with Crippen LogP contribution >= 0.6 is 0 Å². The maximum Gasteiger partial charge on any atom is 0.253 e. The van der Waals surface area contributed by atoms with E-state index in [1.165, 1.54) is 5.56 Å². The second-order valence-corrected chi connectivity index (χ2v) is 8.93. The monoisotopic (exact) mass is 433 g/mol. The van der Waals surface area contributed by atoms with Gasteiger partial charge in [-0.15, -0.1) is 0 Å². The fourth-order valence-corrected chi connectivity index (χ4v) is 4.55. The summed E-state index contributed by atoms with van der Waals surface area (Å²) in [6.07, 6.45) is 1.02. The standard InChI is InChI=1S/C26H31N3O3/c1-19-9-10-22(15-20(19)2)25(31)27-11-6-12-28(14-13-27)26(32)23-16-24(30)29(18-23)17-21-7-4-3-5-8-21/h3-5,7-10,15,23H,6,11-14,16-18H2,1-2H3. The number of carbonyl (C=O) groups is 3. The molecule has 4 rings (SSSR count). The van der Waals surface area contributed by atoms with Crippen LogP contribution in [0.2, 0.25) is 0 Å². The molecular formula is C26H31N3O3. The molecule has 168 valence electrons. The topological polar surface area (TPSA) is 60.9 Å². The molecule has 0 N–H and O–H groups in total. The SMILES string of the molecule is Cc1ccc(C(=O)N2CCCN(C(=O)C3CC(=O)N(Cc4ccccc4)C3)CC2)cc1C. The summed E-state index contributed by atoms with van der Waals surface area (Å²) < 4.78 is 0. The van der Waals surface area contributed by atoms with Gasteiger partial charge in [-0.3, -0.25) is 14.4 Å². The van der Waals surface area contributed by atoms with E-state index in [0.717, 1.165) is 17.5 Å². The lowest BCUT2D eigenvalue weighted by atomic mass is 10.1. The second-order valence-electron chi connectivity index (χ2n) is 8.93. The summed E-state index contributed by atoms with van der Waals surface area (Å²) in [6.45, 7) is 7.35. The van der Waals surface area contributed by atoms with Crippen molar-refractivity contribution in [3.8, 4) is 0 Å². The predicted molar refractivity (Wildman–Crippen MR) is 123 cm³/mol. The first kappa shape index (κ1) is 22.1. The number of hydrogen-bond donors (Lipinski definition) is 0. The average molecular weight is 434 g/mol. The van der Waals surface area contributed by atoms with Gasteiger partial charge in [-0.05, 0) is 49.1 Å². The van der Waals surface area contributed by atoms with Gasteiger partial charge in [-0.25, -0.2) is 0 Å². The minimum Gasteiger partial charge on any atom is -0.341 e.